The Balaban J connectivity index is 2.67. The molecule has 3 N–H and O–H groups in total. The lowest BCUT2D eigenvalue weighted by molar-refractivity contribution is -0.272. The number of rotatable bonds is 6. The molecule has 154 valence electrons. The van der Waals surface area contributed by atoms with Gasteiger partial charge in [0.05, 0.1) is 0 Å². The number of carbonyl (C=O) groups excluding carboxylic acids is 2. The number of hydrogen-bond acceptors (Lipinski definition) is 5. The Bertz CT molecular complexity index is 669. The second kappa shape index (κ2) is 8.15. The molecular weight excluding hydrogens is 369 g/mol. The highest BCUT2D eigenvalue weighted by Gasteiger charge is 2.57. The summed E-state index contributed by atoms with van der Waals surface area (Å²) in [7, 11) is 1.32. The van der Waals surface area contributed by atoms with Gasteiger partial charge in [-0.1, -0.05) is 0 Å². The fraction of sp³-hybridized carbons (Fsp3) is 0.688. The lowest BCUT2D eigenvalue weighted by Gasteiger charge is -2.30. The lowest BCUT2D eigenvalue weighted by atomic mass is 9.97. The summed E-state index contributed by atoms with van der Waals surface area (Å²) in [5.41, 5.74) is -3.98. The van der Waals surface area contributed by atoms with Crippen LogP contribution in [0.3, 0.4) is 0 Å². The van der Waals surface area contributed by atoms with Gasteiger partial charge in [0.25, 0.3) is 0 Å². The number of carbonyl (C=O) groups is 2. The predicted molar refractivity (Wildman–Crippen MR) is 89.6 cm³/mol. The van der Waals surface area contributed by atoms with Crippen LogP contribution >= 0.6 is 0 Å². The highest BCUT2D eigenvalue weighted by Crippen LogP contribution is 2.40. The first kappa shape index (κ1) is 22.7. The van der Waals surface area contributed by atoms with E-state index in [-0.39, 0.29) is 0 Å². The van der Waals surface area contributed by atoms with Crippen LogP contribution in [0, 0.1) is 0 Å². The number of alkyl carbamates (subject to hydrolysis) is 1. The quantitative estimate of drug-likeness (QED) is 0.680. The predicted octanol–water partition coefficient (Wildman–Crippen LogP) is 1.59. The summed E-state index contributed by atoms with van der Waals surface area (Å²) >= 11 is 0. The molecule has 1 aromatic rings. The molecule has 1 rings (SSSR count). The molecule has 0 bridgehead atoms. The lowest BCUT2D eigenvalue weighted by Crippen LogP contribution is -2.49. The number of halogens is 3. The minimum atomic E-state index is -4.99. The molecule has 1 aromatic heterocycles. The Morgan fingerprint density at radius 1 is 1.33 bits per heavy atom. The van der Waals surface area contributed by atoms with Crippen LogP contribution in [0.4, 0.5) is 18.0 Å². The van der Waals surface area contributed by atoms with Crippen molar-refractivity contribution < 1.29 is 32.6 Å². The Morgan fingerprint density at radius 3 is 2.37 bits per heavy atom. The van der Waals surface area contributed by atoms with Crippen molar-refractivity contribution in [3.63, 3.8) is 0 Å². The second-order valence-electron chi connectivity index (χ2n) is 7.13. The number of imidazole rings is 1. The summed E-state index contributed by atoms with van der Waals surface area (Å²) < 4.78 is 46.2. The Hall–Kier alpha value is -2.30. The molecule has 11 heteroatoms. The molecule has 0 saturated heterocycles. The molecule has 2 amide bonds. The smallest absolute Gasteiger partial charge is 0.424 e. The van der Waals surface area contributed by atoms with Crippen LogP contribution in [0.15, 0.2) is 12.4 Å². The van der Waals surface area contributed by atoms with Crippen molar-refractivity contribution in [1.82, 2.24) is 20.2 Å². The number of aromatic nitrogens is 2. The third kappa shape index (κ3) is 6.12. The van der Waals surface area contributed by atoms with Crippen LogP contribution in [0.25, 0.3) is 0 Å². The van der Waals surface area contributed by atoms with E-state index in [0.29, 0.717) is 0 Å². The molecule has 27 heavy (non-hydrogen) atoms. The number of aryl methyl sites for hydroxylation is 1. The molecular formula is C16H25F3N4O4. The number of hydrogen-bond donors (Lipinski definition) is 3. The zero-order valence-electron chi connectivity index (χ0n) is 15.8. The maximum Gasteiger partial charge on any atom is 0.424 e. The summed E-state index contributed by atoms with van der Waals surface area (Å²) in [5.74, 6) is -1.30. The summed E-state index contributed by atoms with van der Waals surface area (Å²) in [6, 6.07) is -1.04. The average Bonchev–Trinajstić information content (AvgIpc) is 2.90. The van der Waals surface area contributed by atoms with Crippen molar-refractivity contribution >= 4 is 12.0 Å². The third-order valence-corrected chi connectivity index (χ3v) is 3.57. The van der Waals surface area contributed by atoms with Crippen molar-refractivity contribution in [1.29, 1.82) is 0 Å². The van der Waals surface area contributed by atoms with Gasteiger partial charge in [0.1, 0.15) is 17.5 Å². The highest BCUT2D eigenvalue weighted by molar-refractivity contribution is 5.85. The molecule has 1 unspecified atom stereocenters. The molecule has 0 aliphatic rings. The van der Waals surface area contributed by atoms with Gasteiger partial charge in [0.2, 0.25) is 11.5 Å². The maximum absolute atomic E-state index is 13.4. The van der Waals surface area contributed by atoms with E-state index in [2.05, 4.69) is 15.6 Å². The van der Waals surface area contributed by atoms with Gasteiger partial charge in [-0.2, -0.15) is 13.2 Å². The number of nitrogens with one attached hydrogen (secondary N) is 2. The first-order valence-corrected chi connectivity index (χ1v) is 8.21. The van der Waals surface area contributed by atoms with Crippen molar-refractivity contribution in [3.8, 4) is 0 Å². The molecule has 0 fully saturated rings. The van der Waals surface area contributed by atoms with Gasteiger partial charge in [0.15, 0.2) is 0 Å². The largest absolute Gasteiger partial charge is 0.444 e. The number of alkyl halides is 3. The Kier molecular flexibility index (Phi) is 6.87. The molecule has 1 heterocycles. The summed E-state index contributed by atoms with van der Waals surface area (Å²) in [6.07, 6.45) is -4.25. The van der Waals surface area contributed by atoms with Crippen LogP contribution in [0.5, 0.6) is 0 Å². The van der Waals surface area contributed by atoms with Crippen LogP contribution in [0.2, 0.25) is 0 Å². The fourth-order valence-corrected chi connectivity index (χ4v) is 2.21. The van der Waals surface area contributed by atoms with E-state index in [1.165, 1.54) is 20.2 Å². The van der Waals surface area contributed by atoms with Crippen LogP contribution in [0.1, 0.15) is 39.9 Å². The van der Waals surface area contributed by atoms with E-state index in [1.807, 2.05) is 0 Å². The topological polar surface area (TPSA) is 105 Å². The van der Waals surface area contributed by atoms with Crippen LogP contribution in [-0.4, -0.2) is 51.0 Å². The minimum Gasteiger partial charge on any atom is -0.444 e. The van der Waals surface area contributed by atoms with Gasteiger partial charge in [-0.3, -0.25) is 4.79 Å². The van der Waals surface area contributed by atoms with Gasteiger partial charge in [0, 0.05) is 32.4 Å². The van der Waals surface area contributed by atoms with Crippen molar-refractivity contribution in [3.05, 3.63) is 18.2 Å². The number of ether oxygens (including phenoxy) is 1. The van der Waals surface area contributed by atoms with Gasteiger partial charge in [-0.25, -0.2) is 9.78 Å². The van der Waals surface area contributed by atoms with E-state index in [1.54, 1.807) is 20.8 Å². The van der Waals surface area contributed by atoms with Gasteiger partial charge < -0.3 is 25.0 Å². The van der Waals surface area contributed by atoms with E-state index in [9.17, 15) is 27.9 Å². The molecule has 0 spiro atoms. The zero-order chi connectivity index (χ0) is 21.0. The van der Waals surface area contributed by atoms with Crippen molar-refractivity contribution in [2.75, 3.05) is 6.54 Å². The first-order valence-electron chi connectivity index (χ1n) is 8.21. The maximum atomic E-state index is 13.4. The zero-order valence-corrected chi connectivity index (χ0v) is 15.8. The molecule has 0 aliphatic carbocycles. The molecule has 0 saturated carbocycles. The second-order valence-corrected chi connectivity index (χ2v) is 7.13. The number of amides is 2. The van der Waals surface area contributed by atoms with Gasteiger partial charge in [-0.15, -0.1) is 0 Å². The third-order valence-electron chi connectivity index (χ3n) is 3.57. The number of nitrogens with zero attached hydrogens (tertiary/aromatic N) is 2. The molecule has 2 atom stereocenters. The summed E-state index contributed by atoms with van der Waals surface area (Å²) in [4.78, 5) is 27.2. The molecule has 0 aromatic carbocycles. The van der Waals surface area contributed by atoms with Crippen LogP contribution < -0.4 is 10.6 Å². The normalized spacial score (nSPS) is 15.6. The highest BCUT2D eigenvalue weighted by atomic mass is 19.4. The van der Waals surface area contributed by atoms with Crippen molar-refractivity contribution in [2.24, 2.45) is 7.05 Å². The fourth-order valence-electron chi connectivity index (χ4n) is 2.21. The molecule has 0 radical (unpaired) electrons. The molecule has 0 aliphatic heterocycles. The SMILES string of the molecule is C[C@@H](NC(=O)OC(C)(C)C)C(=O)NCCC(O)(c1nccn1C)C(F)(F)F. The monoisotopic (exact) mass is 394 g/mol. The average molecular weight is 394 g/mol. The summed E-state index contributed by atoms with van der Waals surface area (Å²) in [5, 5.41) is 14.7. The minimum absolute atomic E-state index is 0.484. The Morgan fingerprint density at radius 2 is 1.93 bits per heavy atom. The van der Waals surface area contributed by atoms with E-state index in [0.717, 1.165) is 10.8 Å². The van der Waals surface area contributed by atoms with Crippen molar-refractivity contribution in [2.45, 2.75) is 57.5 Å². The molecule has 8 nitrogen and oxygen atoms in total. The first-order chi connectivity index (χ1) is 12.2. The van der Waals surface area contributed by atoms with Gasteiger partial charge in [-0.05, 0) is 27.7 Å². The number of aliphatic hydroxyl groups is 1. The summed E-state index contributed by atoms with van der Waals surface area (Å²) in [6.45, 7) is 5.81. The van der Waals surface area contributed by atoms with E-state index in [4.69, 9.17) is 4.74 Å². The van der Waals surface area contributed by atoms with E-state index >= 15 is 0 Å². The standard InChI is InChI=1S/C16H25F3N4O4/c1-10(22-13(25)27-14(2,3)4)11(24)20-7-6-15(26,16(17,18)19)12-21-8-9-23(12)5/h8-10,26H,6-7H2,1-5H3,(H,20,24)(H,22,25)/t10-,15?/m1/s1. The van der Waals surface area contributed by atoms with Gasteiger partial charge >= 0.3 is 12.3 Å². The van der Waals surface area contributed by atoms with E-state index < -0.39 is 54.2 Å². The van der Waals surface area contributed by atoms with Crippen LogP contribution in [-0.2, 0) is 22.2 Å². The Labute approximate surface area is 155 Å².